The molecule has 0 bridgehead atoms. The molecule has 0 amide bonds. The quantitative estimate of drug-likeness (QED) is 0.716. The summed E-state index contributed by atoms with van der Waals surface area (Å²) in [7, 11) is 1.49. The average Bonchev–Trinajstić information content (AvgIpc) is 2.30. The number of aromatic nitrogens is 2. The number of aryl methyl sites for hydroxylation is 1. The second-order valence-corrected chi connectivity index (χ2v) is 3.64. The van der Waals surface area contributed by atoms with Crippen molar-refractivity contribution >= 4 is 5.97 Å². The van der Waals surface area contributed by atoms with Gasteiger partial charge in [-0.3, -0.25) is 9.59 Å². The Hall–Kier alpha value is -1.85. The first-order valence-electron chi connectivity index (χ1n) is 5.47. The van der Waals surface area contributed by atoms with Crippen LogP contribution in [0.3, 0.4) is 0 Å². The lowest BCUT2D eigenvalue weighted by Crippen LogP contribution is -2.22. The molecule has 0 aliphatic rings. The fourth-order valence-corrected chi connectivity index (χ4v) is 1.41. The Morgan fingerprint density at radius 2 is 2.18 bits per heavy atom. The molecule has 17 heavy (non-hydrogen) atoms. The van der Waals surface area contributed by atoms with Gasteiger partial charge in [0.15, 0.2) is 0 Å². The molecule has 0 fully saturated rings. The number of methoxy groups -OCH3 is 1. The van der Waals surface area contributed by atoms with Crippen LogP contribution in [0.2, 0.25) is 0 Å². The highest BCUT2D eigenvalue weighted by Crippen LogP contribution is 2.03. The molecule has 0 unspecified atom stereocenters. The van der Waals surface area contributed by atoms with Crippen molar-refractivity contribution in [2.24, 2.45) is 0 Å². The fraction of sp³-hybridized carbons (Fsp3) is 0.545. The Bertz CT molecular complexity index is 428. The van der Waals surface area contributed by atoms with Crippen LogP contribution in [0.15, 0.2) is 16.9 Å². The normalized spacial score (nSPS) is 10.2. The first kappa shape index (κ1) is 13.2. The molecular weight excluding hydrogens is 224 g/mol. The third-order valence-electron chi connectivity index (χ3n) is 2.31. The van der Waals surface area contributed by atoms with Crippen molar-refractivity contribution in [3.8, 4) is 5.88 Å². The molecule has 1 heterocycles. The van der Waals surface area contributed by atoms with Gasteiger partial charge in [0.25, 0.3) is 5.56 Å². The summed E-state index contributed by atoms with van der Waals surface area (Å²) >= 11 is 0. The molecule has 0 atom stereocenters. The van der Waals surface area contributed by atoms with Gasteiger partial charge in [0, 0.05) is 25.1 Å². The van der Waals surface area contributed by atoms with Gasteiger partial charge in [-0.1, -0.05) is 6.42 Å². The zero-order valence-corrected chi connectivity index (χ0v) is 9.76. The summed E-state index contributed by atoms with van der Waals surface area (Å²) in [5, 5.41) is 12.4. The van der Waals surface area contributed by atoms with Crippen LogP contribution in [0.25, 0.3) is 0 Å². The molecule has 1 aromatic rings. The number of rotatable bonds is 7. The Labute approximate surface area is 98.8 Å². The number of aliphatic carboxylic acids is 1. The Kier molecular flexibility index (Phi) is 5.19. The standard InChI is InChI=1S/C11H16N2O4/c1-17-9-6-7-10(14)13(12-9)8-4-2-3-5-11(15)16/h6-7H,2-5,8H2,1H3,(H,15,16). The highest BCUT2D eigenvalue weighted by molar-refractivity contribution is 5.66. The molecule has 1 N–H and O–H groups in total. The van der Waals surface area contributed by atoms with Gasteiger partial charge in [0.2, 0.25) is 5.88 Å². The highest BCUT2D eigenvalue weighted by atomic mass is 16.5. The Morgan fingerprint density at radius 3 is 2.82 bits per heavy atom. The SMILES string of the molecule is COc1ccc(=O)n(CCCCCC(=O)O)n1. The summed E-state index contributed by atoms with van der Waals surface area (Å²) in [4.78, 5) is 21.7. The molecule has 94 valence electrons. The lowest BCUT2D eigenvalue weighted by atomic mass is 10.2. The molecule has 0 aliphatic carbocycles. The maximum absolute atomic E-state index is 11.4. The van der Waals surface area contributed by atoms with Gasteiger partial charge in [-0.25, -0.2) is 4.68 Å². The van der Waals surface area contributed by atoms with Crippen molar-refractivity contribution in [3.63, 3.8) is 0 Å². The molecule has 0 saturated carbocycles. The number of carboxylic acids is 1. The van der Waals surface area contributed by atoms with Gasteiger partial charge in [-0.15, -0.1) is 5.10 Å². The molecule has 1 rings (SSSR count). The van der Waals surface area contributed by atoms with Gasteiger partial charge < -0.3 is 9.84 Å². The minimum atomic E-state index is -0.790. The van der Waals surface area contributed by atoms with Gasteiger partial charge in [-0.2, -0.15) is 0 Å². The summed E-state index contributed by atoms with van der Waals surface area (Å²) in [6.45, 7) is 0.482. The van der Waals surface area contributed by atoms with Crippen LogP contribution in [0, 0.1) is 0 Å². The Morgan fingerprint density at radius 1 is 1.41 bits per heavy atom. The molecule has 0 saturated heterocycles. The van der Waals surface area contributed by atoms with Gasteiger partial charge in [0.1, 0.15) is 0 Å². The minimum absolute atomic E-state index is 0.167. The third kappa shape index (κ3) is 4.67. The number of carboxylic acid groups (broad SMARTS) is 1. The zero-order valence-electron chi connectivity index (χ0n) is 9.76. The summed E-state index contributed by atoms with van der Waals surface area (Å²) < 4.78 is 6.25. The topological polar surface area (TPSA) is 81.4 Å². The molecule has 0 aliphatic heterocycles. The van der Waals surface area contributed by atoms with E-state index in [-0.39, 0.29) is 12.0 Å². The van der Waals surface area contributed by atoms with E-state index < -0.39 is 5.97 Å². The maximum Gasteiger partial charge on any atom is 0.303 e. The monoisotopic (exact) mass is 240 g/mol. The summed E-state index contributed by atoms with van der Waals surface area (Å²) in [5.74, 6) is -0.392. The summed E-state index contributed by atoms with van der Waals surface area (Å²) in [6, 6.07) is 2.92. The average molecular weight is 240 g/mol. The highest BCUT2D eigenvalue weighted by Gasteiger charge is 2.01. The van der Waals surface area contributed by atoms with Crippen molar-refractivity contribution < 1.29 is 14.6 Å². The number of hydrogen-bond donors (Lipinski definition) is 1. The number of unbranched alkanes of at least 4 members (excludes halogenated alkanes) is 2. The molecule has 0 spiro atoms. The molecule has 0 radical (unpaired) electrons. The molecule has 6 heteroatoms. The predicted molar refractivity (Wildman–Crippen MR) is 61.2 cm³/mol. The summed E-state index contributed by atoms with van der Waals surface area (Å²) in [5.41, 5.74) is -0.177. The first-order chi connectivity index (χ1) is 8.13. The van der Waals surface area contributed by atoms with Crippen molar-refractivity contribution in [1.82, 2.24) is 9.78 Å². The van der Waals surface area contributed by atoms with E-state index in [1.54, 1.807) is 0 Å². The third-order valence-corrected chi connectivity index (χ3v) is 2.31. The van der Waals surface area contributed by atoms with Gasteiger partial charge in [-0.05, 0) is 12.8 Å². The van der Waals surface area contributed by atoms with Crippen LogP contribution in [0.1, 0.15) is 25.7 Å². The molecular formula is C11H16N2O4. The van der Waals surface area contributed by atoms with E-state index in [1.165, 1.54) is 23.9 Å². The van der Waals surface area contributed by atoms with Crippen LogP contribution < -0.4 is 10.3 Å². The van der Waals surface area contributed by atoms with Crippen molar-refractivity contribution in [1.29, 1.82) is 0 Å². The van der Waals surface area contributed by atoms with E-state index in [0.29, 0.717) is 18.8 Å². The number of ether oxygens (including phenoxy) is 1. The Balaban J connectivity index is 2.40. The smallest absolute Gasteiger partial charge is 0.303 e. The number of nitrogens with zero attached hydrogens (tertiary/aromatic N) is 2. The number of hydrogen-bond acceptors (Lipinski definition) is 4. The van der Waals surface area contributed by atoms with Crippen LogP contribution in [-0.4, -0.2) is 28.0 Å². The summed E-state index contributed by atoms with van der Waals surface area (Å²) in [6.07, 6.45) is 2.28. The van der Waals surface area contributed by atoms with Crippen molar-refractivity contribution in [3.05, 3.63) is 22.5 Å². The van der Waals surface area contributed by atoms with E-state index in [4.69, 9.17) is 9.84 Å². The second kappa shape index (κ2) is 6.67. The van der Waals surface area contributed by atoms with Crippen LogP contribution >= 0.6 is 0 Å². The van der Waals surface area contributed by atoms with Crippen molar-refractivity contribution in [2.45, 2.75) is 32.2 Å². The molecule has 6 nitrogen and oxygen atoms in total. The second-order valence-electron chi connectivity index (χ2n) is 3.64. The van der Waals surface area contributed by atoms with E-state index in [1.807, 2.05) is 0 Å². The van der Waals surface area contributed by atoms with Gasteiger partial charge >= 0.3 is 5.97 Å². The minimum Gasteiger partial charge on any atom is -0.481 e. The lowest BCUT2D eigenvalue weighted by molar-refractivity contribution is -0.137. The van der Waals surface area contributed by atoms with Gasteiger partial charge in [0.05, 0.1) is 7.11 Å². The van der Waals surface area contributed by atoms with E-state index >= 15 is 0 Å². The lowest BCUT2D eigenvalue weighted by Gasteiger charge is -2.05. The molecule has 1 aromatic heterocycles. The van der Waals surface area contributed by atoms with E-state index in [0.717, 1.165) is 12.8 Å². The van der Waals surface area contributed by atoms with Crippen molar-refractivity contribution in [2.75, 3.05) is 7.11 Å². The zero-order chi connectivity index (χ0) is 12.7. The largest absolute Gasteiger partial charge is 0.481 e. The van der Waals surface area contributed by atoms with E-state index in [9.17, 15) is 9.59 Å². The van der Waals surface area contributed by atoms with Crippen LogP contribution in [-0.2, 0) is 11.3 Å². The van der Waals surface area contributed by atoms with Crippen LogP contribution in [0.5, 0.6) is 5.88 Å². The molecule has 0 aromatic carbocycles. The van der Waals surface area contributed by atoms with E-state index in [2.05, 4.69) is 5.10 Å². The van der Waals surface area contributed by atoms with Crippen LogP contribution in [0.4, 0.5) is 0 Å². The maximum atomic E-state index is 11.4. The number of carbonyl (C=O) groups is 1. The fourth-order valence-electron chi connectivity index (χ4n) is 1.41. The first-order valence-corrected chi connectivity index (χ1v) is 5.47. The predicted octanol–water partition coefficient (Wildman–Crippen LogP) is 0.897.